The van der Waals surface area contributed by atoms with Crippen LogP contribution in [-0.2, 0) is 0 Å². The zero-order valence-corrected chi connectivity index (χ0v) is 17.5. The highest BCUT2D eigenvalue weighted by Gasteiger charge is 2.44. The van der Waals surface area contributed by atoms with Crippen LogP contribution in [0.5, 0.6) is 5.75 Å². The fourth-order valence-corrected chi connectivity index (χ4v) is 5.76. The van der Waals surface area contributed by atoms with E-state index in [2.05, 4.69) is 62.6 Å². The van der Waals surface area contributed by atoms with E-state index < -0.39 is 0 Å². The SMILES string of the molecule is CCC(c1ccccc1)c1cc(C)c2c(c1O)C(NC)C1CCCCC21.Cl. The number of nitrogens with one attached hydrogen (secondary N) is 1. The number of fused-ring (bicyclic) bond motifs is 3. The number of hydrogen-bond donors (Lipinski definition) is 2. The summed E-state index contributed by atoms with van der Waals surface area (Å²) in [5.74, 6) is 2.06. The molecule has 1 fully saturated rings. The van der Waals surface area contributed by atoms with Crippen molar-refractivity contribution >= 4 is 12.4 Å². The molecule has 146 valence electrons. The Hall–Kier alpha value is -1.51. The van der Waals surface area contributed by atoms with Crippen molar-refractivity contribution in [2.75, 3.05) is 7.05 Å². The van der Waals surface area contributed by atoms with Gasteiger partial charge in [-0.2, -0.15) is 0 Å². The van der Waals surface area contributed by atoms with Crippen LogP contribution in [0.25, 0.3) is 0 Å². The lowest BCUT2D eigenvalue weighted by Crippen LogP contribution is -2.25. The summed E-state index contributed by atoms with van der Waals surface area (Å²) in [7, 11) is 2.06. The fourth-order valence-electron chi connectivity index (χ4n) is 5.76. The van der Waals surface area contributed by atoms with Crippen molar-refractivity contribution in [1.29, 1.82) is 0 Å². The lowest BCUT2D eigenvalue weighted by atomic mass is 9.77. The number of halogens is 1. The molecule has 0 aromatic heterocycles. The van der Waals surface area contributed by atoms with E-state index in [1.807, 2.05) is 0 Å². The molecule has 4 unspecified atom stereocenters. The topological polar surface area (TPSA) is 32.3 Å². The summed E-state index contributed by atoms with van der Waals surface area (Å²) in [4.78, 5) is 0. The molecule has 4 rings (SSSR count). The predicted octanol–water partition coefficient (Wildman–Crippen LogP) is 6.21. The number of rotatable bonds is 4. The molecular weight excluding hydrogens is 354 g/mol. The van der Waals surface area contributed by atoms with Crippen LogP contribution >= 0.6 is 12.4 Å². The summed E-state index contributed by atoms with van der Waals surface area (Å²) < 4.78 is 0. The molecule has 0 radical (unpaired) electrons. The second kappa shape index (κ2) is 8.24. The van der Waals surface area contributed by atoms with Crippen LogP contribution in [0.3, 0.4) is 0 Å². The van der Waals surface area contributed by atoms with Gasteiger partial charge in [0.15, 0.2) is 0 Å². The van der Waals surface area contributed by atoms with Crippen LogP contribution in [0.1, 0.15) is 84.7 Å². The predicted molar refractivity (Wildman–Crippen MR) is 115 cm³/mol. The van der Waals surface area contributed by atoms with Gasteiger partial charge < -0.3 is 10.4 Å². The van der Waals surface area contributed by atoms with E-state index in [-0.39, 0.29) is 18.3 Å². The number of aryl methyl sites for hydroxylation is 1. The number of phenolic OH excluding ortho intramolecular Hbond substituents is 1. The summed E-state index contributed by atoms with van der Waals surface area (Å²) in [6, 6.07) is 13.2. The van der Waals surface area contributed by atoms with E-state index in [9.17, 15) is 5.11 Å². The molecule has 3 heteroatoms. The Morgan fingerprint density at radius 2 is 1.81 bits per heavy atom. The molecule has 0 bridgehead atoms. The molecule has 2 aliphatic rings. The smallest absolute Gasteiger partial charge is 0.124 e. The Kier molecular flexibility index (Phi) is 6.18. The average molecular weight is 386 g/mol. The van der Waals surface area contributed by atoms with Crippen LogP contribution < -0.4 is 5.32 Å². The van der Waals surface area contributed by atoms with Gasteiger partial charge >= 0.3 is 0 Å². The van der Waals surface area contributed by atoms with Gasteiger partial charge in [0.1, 0.15) is 5.75 Å². The zero-order valence-electron chi connectivity index (χ0n) is 16.7. The molecule has 0 saturated heterocycles. The average Bonchev–Trinajstić information content (AvgIpc) is 3.02. The van der Waals surface area contributed by atoms with E-state index in [1.165, 1.54) is 47.9 Å². The normalized spacial score (nSPS) is 24.6. The Bertz CT molecular complexity index is 789. The highest BCUT2D eigenvalue weighted by molar-refractivity contribution is 5.85. The number of phenols is 1. The molecule has 0 aliphatic heterocycles. The third-order valence-corrected chi connectivity index (χ3v) is 6.84. The van der Waals surface area contributed by atoms with E-state index in [0.717, 1.165) is 12.0 Å². The highest BCUT2D eigenvalue weighted by atomic mass is 35.5. The van der Waals surface area contributed by atoms with Crippen LogP contribution in [0.2, 0.25) is 0 Å². The standard InChI is InChI=1S/C24H31NO.ClH/c1-4-17(16-10-6-5-7-11-16)20-14-15(2)21-18-12-8-9-13-19(18)23(25-3)22(21)24(20)26;/h5-7,10-11,14,17-19,23,25-26H,4,8-9,12-13H2,1-3H3;1H. The van der Waals surface area contributed by atoms with E-state index >= 15 is 0 Å². The Balaban J connectivity index is 0.00000210. The van der Waals surface area contributed by atoms with Crippen LogP contribution in [0.15, 0.2) is 36.4 Å². The van der Waals surface area contributed by atoms with Crippen molar-refractivity contribution in [3.05, 3.63) is 64.2 Å². The van der Waals surface area contributed by atoms with Crippen molar-refractivity contribution in [3.63, 3.8) is 0 Å². The molecule has 0 spiro atoms. The van der Waals surface area contributed by atoms with Crippen LogP contribution in [-0.4, -0.2) is 12.2 Å². The minimum absolute atomic E-state index is 0. The highest BCUT2D eigenvalue weighted by Crippen LogP contribution is 2.57. The monoisotopic (exact) mass is 385 g/mol. The molecule has 2 aliphatic carbocycles. The Morgan fingerprint density at radius 1 is 1.11 bits per heavy atom. The van der Waals surface area contributed by atoms with Gasteiger partial charge in [0.2, 0.25) is 0 Å². The number of aromatic hydroxyl groups is 1. The van der Waals surface area contributed by atoms with Crippen LogP contribution in [0.4, 0.5) is 0 Å². The summed E-state index contributed by atoms with van der Waals surface area (Å²) in [6.45, 7) is 4.47. The quantitative estimate of drug-likeness (QED) is 0.655. The van der Waals surface area contributed by atoms with Gasteiger partial charge in [0.05, 0.1) is 0 Å². The van der Waals surface area contributed by atoms with Crippen molar-refractivity contribution in [2.24, 2.45) is 5.92 Å². The summed E-state index contributed by atoms with van der Waals surface area (Å²) in [5.41, 5.74) is 6.42. The van der Waals surface area contributed by atoms with Crippen molar-refractivity contribution in [1.82, 2.24) is 5.32 Å². The molecule has 2 aromatic rings. The second-order valence-electron chi connectivity index (χ2n) is 8.15. The van der Waals surface area contributed by atoms with Crippen molar-refractivity contribution in [2.45, 2.75) is 63.8 Å². The lowest BCUT2D eigenvalue weighted by Gasteiger charge is -2.29. The number of hydrogen-bond acceptors (Lipinski definition) is 2. The van der Waals surface area contributed by atoms with E-state index in [4.69, 9.17) is 0 Å². The van der Waals surface area contributed by atoms with Crippen molar-refractivity contribution in [3.8, 4) is 5.75 Å². The molecule has 0 heterocycles. The Labute approximate surface area is 169 Å². The van der Waals surface area contributed by atoms with Gasteiger partial charge in [-0.05, 0) is 61.8 Å². The molecular formula is C24H32ClNO. The lowest BCUT2D eigenvalue weighted by molar-refractivity contribution is 0.269. The van der Waals surface area contributed by atoms with Gasteiger partial charge in [0.25, 0.3) is 0 Å². The first-order chi connectivity index (χ1) is 12.7. The molecule has 2 N–H and O–H groups in total. The summed E-state index contributed by atoms with van der Waals surface area (Å²) in [5, 5.41) is 15.0. The maximum Gasteiger partial charge on any atom is 0.124 e. The van der Waals surface area contributed by atoms with Gasteiger partial charge in [-0.1, -0.05) is 56.2 Å². The van der Waals surface area contributed by atoms with Gasteiger partial charge in [-0.25, -0.2) is 0 Å². The van der Waals surface area contributed by atoms with Gasteiger partial charge in [-0.15, -0.1) is 12.4 Å². The Morgan fingerprint density at radius 3 is 2.48 bits per heavy atom. The van der Waals surface area contributed by atoms with E-state index in [1.54, 1.807) is 0 Å². The largest absolute Gasteiger partial charge is 0.507 e. The molecule has 0 amide bonds. The van der Waals surface area contributed by atoms with Gasteiger partial charge in [0, 0.05) is 23.1 Å². The van der Waals surface area contributed by atoms with E-state index in [0.29, 0.717) is 23.6 Å². The first-order valence-electron chi connectivity index (χ1n) is 10.3. The molecule has 1 saturated carbocycles. The maximum atomic E-state index is 11.4. The first-order valence-corrected chi connectivity index (χ1v) is 10.3. The first kappa shape index (κ1) is 20.2. The molecule has 2 nitrogen and oxygen atoms in total. The maximum absolute atomic E-state index is 11.4. The molecule has 2 aromatic carbocycles. The molecule has 27 heavy (non-hydrogen) atoms. The summed E-state index contributed by atoms with van der Waals surface area (Å²) >= 11 is 0. The zero-order chi connectivity index (χ0) is 18.3. The van der Waals surface area contributed by atoms with Crippen LogP contribution in [0, 0.1) is 12.8 Å². The molecule has 4 atom stereocenters. The minimum Gasteiger partial charge on any atom is -0.507 e. The van der Waals surface area contributed by atoms with Gasteiger partial charge in [-0.3, -0.25) is 0 Å². The fraction of sp³-hybridized carbons (Fsp3) is 0.500. The second-order valence-corrected chi connectivity index (χ2v) is 8.15. The van der Waals surface area contributed by atoms with Crippen molar-refractivity contribution < 1.29 is 5.11 Å². The number of benzene rings is 2. The summed E-state index contributed by atoms with van der Waals surface area (Å²) in [6.07, 6.45) is 6.18. The third kappa shape index (κ3) is 3.28. The minimum atomic E-state index is 0. The third-order valence-electron chi connectivity index (χ3n) is 6.84.